The Morgan fingerprint density at radius 1 is 1.40 bits per heavy atom. The van der Waals surface area contributed by atoms with Crippen LogP contribution in [0.25, 0.3) is 11.3 Å². The maximum atomic E-state index is 12.7. The van der Waals surface area contributed by atoms with E-state index in [9.17, 15) is 9.90 Å². The van der Waals surface area contributed by atoms with Crippen molar-refractivity contribution < 1.29 is 9.90 Å². The van der Waals surface area contributed by atoms with Gasteiger partial charge in [-0.3, -0.25) is 9.48 Å². The first-order valence-electron chi connectivity index (χ1n) is 8.40. The largest absolute Gasteiger partial charge is 0.389 e. The summed E-state index contributed by atoms with van der Waals surface area (Å²) in [6.45, 7) is 5.37. The first-order valence-corrected chi connectivity index (χ1v) is 8.40. The van der Waals surface area contributed by atoms with Crippen molar-refractivity contribution in [3.63, 3.8) is 0 Å². The van der Waals surface area contributed by atoms with Gasteiger partial charge in [-0.05, 0) is 45.7 Å². The molecule has 0 unspecified atom stereocenters. The minimum Gasteiger partial charge on any atom is -0.389 e. The normalized spacial score (nSPS) is 14.2. The summed E-state index contributed by atoms with van der Waals surface area (Å²) >= 11 is 0. The second kappa shape index (κ2) is 6.34. The average Bonchev–Trinajstić information content (AvgIpc) is 3.35. The first kappa shape index (κ1) is 17.2. The Morgan fingerprint density at radius 2 is 2.04 bits per heavy atom. The molecule has 25 heavy (non-hydrogen) atoms. The number of nitrogens with zero attached hydrogens (tertiary/aromatic N) is 3. The van der Waals surface area contributed by atoms with E-state index in [0.717, 1.165) is 29.7 Å². The van der Waals surface area contributed by atoms with Gasteiger partial charge >= 0.3 is 0 Å². The summed E-state index contributed by atoms with van der Waals surface area (Å²) in [6, 6.07) is 9.56. The summed E-state index contributed by atoms with van der Waals surface area (Å²) in [6.07, 6.45) is 2.03. The zero-order valence-electron chi connectivity index (χ0n) is 14.7. The van der Waals surface area contributed by atoms with E-state index in [1.807, 2.05) is 23.7 Å². The van der Waals surface area contributed by atoms with Crippen LogP contribution >= 0.6 is 0 Å². The fraction of sp³-hybridized carbons (Fsp3) is 0.421. The molecule has 0 atom stereocenters. The maximum Gasteiger partial charge on any atom is 0.269 e. The lowest BCUT2D eigenvalue weighted by Gasteiger charge is -2.18. The van der Waals surface area contributed by atoms with Crippen LogP contribution in [0, 0.1) is 18.3 Å². The molecule has 0 spiro atoms. The molecule has 0 saturated heterocycles. The third-order valence-corrected chi connectivity index (χ3v) is 4.22. The van der Waals surface area contributed by atoms with Gasteiger partial charge in [0.25, 0.3) is 5.91 Å². The van der Waals surface area contributed by atoms with Crippen LogP contribution in [0.5, 0.6) is 0 Å². The summed E-state index contributed by atoms with van der Waals surface area (Å²) < 4.78 is 1.81. The van der Waals surface area contributed by atoms with E-state index in [1.54, 1.807) is 26.0 Å². The van der Waals surface area contributed by atoms with E-state index in [4.69, 9.17) is 5.26 Å². The lowest BCUT2D eigenvalue weighted by atomic mass is 10.0. The number of carbonyl (C=O) groups excluding carboxylic acids is 1. The number of aliphatic hydroxyl groups is 1. The molecule has 1 fully saturated rings. The highest BCUT2D eigenvalue weighted by atomic mass is 16.3. The lowest BCUT2D eigenvalue weighted by Crippen LogP contribution is -2.39. The van der Waals surface area contributed by atoms with Crippen LogP contribution in [-0.4, -0.2) is 32.9 Å². The zero-order valence-corrected chi connectivity index (χ0v) is 14.7. The van der Waals surface area contributed by atoms with Gasteiger partial charge in [0.1, 0.15) is 5.69 Å². The molecule has 6 nitrogen and oxygen atoms in total. The number of nitriles is 1. The smallest absolute Gasteiger partial charge is 0.269 e. The second-order valence-corrected chi connectivity index (χ2v) is 7.18. The molecule has 1 saturated carbocycles. The van der Waals surface area contributed by atoms with Crippen LogP contribution in [0.1, 0.15) is 54.3 Å². The highest BCUT2D eigenvalue weighted by molar-refractivity contribution is 5.95. The van der Waals surface area contributed by atoms with Gasteiger partial charge < -0.3 is 10.4 Å². The standard InChI is InChI=1S/C19H22N4O2/c1-12-16(14-6-4-13(10-20)5-7-14)22-23(15-8-9-15)17(12)18(24)21-11-19(2,3)25/h4-7,15,25H,8-9,11H2,1-3H3,(H,21,24). The Balaban J connectivity index is 1.96. The summed E-state index contributed by atoms with van der Waals surface area (Å²) in [5.41, 5.74) is 2.61. The summed E-state index contributed by atoms with van der Waals surface area (Å²) in [5, 5.41) is 26.2. The molecule has 0 aliphatic heterocycles. The van der Waals surface area contributed by atoms with Gasteiger partial charge in [0.05, 0.1) is 29.0 Å². The van der Waals surface area contributed by atoms with Gasteiger partial charge in [-0.2, -0.15) is 10.4 Å². The van der Waals surface area contributed by atoms with Gasteiger partial charge in [-0.25, -0.2) is 0 Å². The van der Waals surface area contributed by atoms with Crippen LogP contribution in [0.2, 0.25) is 0 Å². The molecular weight excluding hydrogens is 316 g/mol. The van der Waals surface area contributed by atoms with Crippen molar-refractivity contribution in [2.45, 2.75) is 45.3 Å². The summed E-state index contributed by atoms with van der Waals surface area (Å²) in [4.78, 5) is 12.7. The predicted molar refractivity (Wildman–Crippen MR) is 94.0 cm³/mol. The van der Waals surface area contributed by atoms with Crippen molar-refractivity contribution in [2.24, 2.45) is 0 Å². The van der Waals surface area contributed by atoms with E-state index in [-0.39, 0.29) is 18.5 Å². The quantitative estimate of drug-likeness (QED) is 0.876. The fourth-order valence-corrected chi connectivity index (χ4v) is 2.73. The number of nitrogens with one attached hydrogen (secondary N) is 1. The second-order valence-electron chi connectivity index (χ2n) is 7.18. The Kier molecular flexibility index (Phi) is 4.36. The zero-order chi connectivity index (χ0) is 18.2. The van der Waals surface area contributed by atoms with Crippen molar-refractivity contribution >= 4 is 5.91 Å². The molecule has 130 valence electrons. The molecule has 1 heterocycles. The van der Waals surface area contributed by atoms with Gasteiger partial charge in [0, 0.05) is 17.7 Å². The molecule has 1 aliphatic rings. The van der Waals surface area contributed by atoms with Crippen LogP contribution in [0.4, 0.5) is 0 Å². The Hall–Kier alpha value is -2.65. The Morgan fingerprint density at radius 3 is 2.56 bits per heavy atom. The van der Waals surface area contributed by atoms with Gasteiger partial charge in [-0.15, -0.1) is 0 Å². The molecule has 3 rings (SSSR count). The molecule has 2 aromatic rings. The molecule has 2 N–H and O–H groups in total. The molecule has 0 bridgehead atoms. The number of carbonyl (C=O) groups is 1. The molecule has 1 aliphatic carbocycles. The van der Waals surface area contributed by atoms with Crippen LogP contribution in [0.3, 0.4) is 0 Å². The first-order chi connectivity index (χ1) is 11.8. The van der Waals surface area contributed by atoms with Crippen LogP contribution < -0.4 is 5.32 Å². The van der Waals surface area contributed by atoms with E-state index < -0.39 is 5.60 Å². The number of aromatic nitrogens is 2. The van der Waals surface area contributed by atoms with Crippen molar-refractivity contribution in [2.75, 3.05) is 6.54 Å². The molecular formula is C19H22N4O2. The fourth-order valence-electron chi connectivity index (χ4n) is 2.73. The number of rotatable bonds is 5. The van der Waals surface area contributed by atoms with Crippen molar-refractivity contribution in [3.8, 4) is 17.3 Å². The molecule has 0 radical (unpaired) electrons. The summed E-state index contributed by atoms with van der Waals surface area (Å²) in [7, 11) is 0. The number of hydrogen-bond donors (Lipinski definition) is 2. The highest BCUT2D eigenvalue weighted by Crippen LogP contribution is 2.38. The van der Waals surface area contributed by atoms with Crippen LogP contribution in [-0.2, 0) is 0 Å². The number of hydrogen-bond acceptors (Lipinski definition) is 4. The average molecular weight is 338 g/mol. The predicted octanol–water partition coefficient (Wildman–Crippen LogP) is 2.57. The summed E-state index contributed by atoms with van der Waals surface area (Å²) in [5.74, 6) is -0.223. The van der Waals surface area contributed by atoms with Crippen LogP contribution in [0.15, 0.2) is 24.3 Å². The van der Waals surface area contributed by atoms with Crippen molar-refractivity contribution in [1.29, 1.82) is 5.26 Å². The van der Waals surface area contributed by atoms with Crippen molar-refractivity contribution in [3.05, 3.63) is 41.1 Å². The van der Waals surface area contributed by atoms with Crippen molar-refractivity contribution in [1.82, 2.24) is 15.1 Å². The third kappa shape index (κ3) is 3.72. The monoisotopic (exact) mass is 338 g/mol. The lowest BCUT2D eigenvalue weighted by molar-refractivity contribution is 0.0688. The third-order valence-electron chi connectivity index (χ3n) is 4.22. The molecule has 1 aromatic carbocycles. The van der Waals surface area contributed by atoms with Gasteiger partial charge in [-0.1, -0.05) is 12.1 Å². The molecule has 1 amide bonds. The van der Waals surface area contributed by atoms with Gasteiger partial charge in [0.15, 0.2) is 0 Å². The van der Waals surface area contributed by atoms with Gasteiger partial charge in [0.2, 0.25) is 0 Å². The topological polar surface area (TPSA) is 90.9 Å². The Labute approximate surface area is 147 Å². The minimum absolute atomic E-state index is 0.174. The van der Waals surface area contributed by atoms with E-state index in [2.05, 4.69) is 16.5 Å². The number of amides is 1. The minimum atomic E-state index is -0.968. The maximum absolute atomic E-state index is 12.7. The number of benzene rings is 1. The highest BCUT2D eigenvalue weighted by Gasteiger charge is 2.32. The Bertz CT molecular complexity index is 834. The van der Waals surface area contributed by atoms with E-state index in [1.165, 1.54) is 0 Å². The SMILES string of the molecule is Cc1c(-c2ccc(C#N)cc2)nn(C2CC2)c1C(=O)NCC(C)(C)O. The molecule has 6 heteroatoms. The molecule has 1 aromatic heterocycles. The van der Waals surface area contributed by atoms with E-state index >= 15 is 0 Å². The van der Waals surface area contributed by atoms with E-state index in [0.29, 0.717) is 11.3 Å².